The molecule has 1 fully saturated rings. The zero-order chi connectivity index (χ0) is 13.7. The van der Waals surface area contributed by atoms with Gasteiger partial charge in [0.15, 0.2) is 0 Å². The third kappa shape index (κ3) is 4.99. The molecule has 0 aromatic heterocycles. The molecule has 0 radical (unpaired) electrons. The monoisotopic (exact) mass is 259 g/mol. The van der Waals surface area contributed by atoms with Crippen LogP contribution in [0.5, 0.6) is 0 Å². The molecule has 0 saturated heterocycles. The van der Waals surface area contributed by atoms with Gasteiger partial charge >= 0.3 is 0 Å². The summed E-state index contributed by atoms with van der Waals surface area (Å²) in [5, 5.41) is 3.72. The molecular formula is C18H29N. The van der Waals surface area contributed by atoms with Crippen LogP contribution in [-0.2, 0) is 0 Å². The van der Waals surface area contributed by atoms with Crippen molar-refractivity contribution in [2.24, 2.45) is 5.92 Å². The Morgan fingerprint density at radius 3 is 2.47 bits per heavy atom. The van der Waals surface area contributed by atoms with Gasteiger partial charge in [-0.3, -0.25) is 0 Å². The smallest absolute Gasteiger partial charge is 0.00684 e. The summed E-state index contributed by atoms with van der Waals surface area (Å²) in [6, 6.07) is 9.98. The average Bonchev–Trinajstić information content (AvgIpc) is 3.20. The van der Waals surface area contributed by atoms with E-state index in [0.717, 1.165) is 18.5 Å². The molecule has 1 aromatic rings. The highest BCUT2D eigenvalue weighted by molar-refractivity contribution is 5.25. The summed E-state index contributed by atoms with van der Waals surface area (Å²) in [6.07, 6.45) is 6.73. The normalized spacial score (nSPS) is 18.3. The maximum absolute atomic E-state index is 3.72. The van der Waals surface area contributed by atoms with Crippen molar-refractivity contribution in [3.8, 4) is 0 Å². The Hall–Kier alpha value is -0.820. The fourth-order valence-corrected chi connectivity index (χ4v) is 2.87. The van der Waals surface area contributed by atoms with E-state index in [1.165, 1.54) is 43.2 Å². The van der Waals surface area contributed by atoms with Crippen LogP contribution in [0, 0.1) is 12.8 Å². The van der Waals surface area contributed by atoms with Gasteiger partial charge in [-0.15, -0.1) is 0 Å². The minimum Gasteiger partial charge on any atom is -0.313 e. The van der Waals surface area contributed by atoms with Gasteiger partial charge in [-0.05, 0) is 43.6 Å². The molecule has 1 aromatic carbocycles. The number of rotatable bonds is 8. The SMILES string of the molecule is CCCC(C)CC(CNC1CC1)c1ccc(C)cc1. The molecule has 2 unspecified atom stereocenters. The van der Waals surface area contributed by atoms with E-state index in [2.05, 4.69) is 50.4 Å². The third-order valence-electron chi connectivity index (χ3n) is 4.25. The van der Waals surface area contributed by atoms with Gasteiger partial charge in [0.25, 0.3) is 0 Å². The summed E-state index contributed by atoms with van der Waals surface area (Å²) < 4.78 is 0. The standard InChI is InChI=1S/C18H29N/c1-4-5-15(3)12-17(13-19-18-10-11-18)16-8-6-14(2)7-9-16/h6-9,15,17-19H,4-5,10-13H2,1-3H3. The minimum absolute atomic E-state index is 0.683. The molecule has 0 amide bonds. The summed E-state index contributed by atoms with van der Waals surface area (Å²) in [5.41, 5.74) is 2.88. The molecule has 106 valence electrons. The van der Waals surface area contributed by atoms with Crippen molar-refractivity contribution >= 4 is 0 Å². The average molecular weight is 259 g/mol. The molecule has 1 nitrogen and oxygen atoms in total. The van der Waals surface area contributed by atoms with Crippen LogP contribution in [0.15, 0.2) is 24.3 Å². The first-order valence-corrected chi connectivity index (χ1v) is 7.99. The second kappa shape index (κ2) is 7.09. The Morgan fingerprint density at radius 1 is 1.21 bits per heavy atom. The molecule has 19 heavy (non-hydrogen) atoms. The summed E-state index contributed by atoms with van der Waals surface area (Å²) in [5.74, 6) is 1.51. The lowest BCUT2D eigenvalue weighted by Gasteiger charge is -2.22. The molecule has 2 rings (SSSR count). The van der Waals surface area contributed by atoms with Gasteiger partial charge in [-0.25, -0.2) is 0 Å². The van der Waals surface area contributed by atoms with Crippen LogP contribution in [0.4, 0.5) is 0 Å². The van der Waals surface area contributed by atoms with Gasteiger partial charge < -0.3 is 5.32 Å². The highest BCUT2D eigenvalue weighted by atomic mass is 14.9. The van der Waals surface area contributed by atoms with Crippen molar-refractivity contribution in [1.29, 1.82) is 0 Å². The summed E-state index contributed by atoms with van der Waals surface area (Å²) in [7, 11) is 0. The van der Waals surface area contributed by atoms with Crippen LogP contribution >= 0.6 is 0 Å². The first kappa shape index (κ1) is 14.6. The van der Waals surface area contributed by atoms with E-state index in [4.69, 9.17) is 0 Å². The maximum atomic E-state index is 3.72. The second-order valence-electron chi connectivity index (χ2n) is 6.42. The van der Waals surface area contributed by atoms with Gasteiger partial charge in [0.2, 0.25) is 0 Å². The van der Waals surface area contributed by atoms with Crippen molar-refractivity contribution in [3.63, 3.8) is 0 Å². The molecule has 1 aliphatic rings. The van der Waals surface area contributed by atoms with Crippen LogP contribution in [0.25, 0.3) is 0 Å². The van der Waals surface area contributed by atoms with Crippen molar-refractivity contribution in [1.82, 2.24) is 5.32 Å². The zero-order valence-corrected chi connectivity index (χ0v) is 12.8. The van der Waals surface area contributed by atoms with E-state index in [1.54, 1.807) is 0 Å². The molecule has 1 heteroatoms. The zero-order valence-electron chi connectivity index (χ0n) is 12.8. The van der Waals surface area contributed by atoms with Crippen LogP contribution in [0.3, 0.4) is 0 Å². The molecule has 1 aliphatic carbocycles. The summed E-state index contributed by atoms with van der Waals surface area (Å²) in [6.45, 7) is 8.02. The van der Waals surface area contributed by atoms with Crippen LogP contribution in [0.1, 0.15) is 63.0 Å². The van der Waals surface area contributed by atoms with Gasteiger partial charge in [-0.1, -0.05) is 56.5 Å². The maximum Gasteiger partial charge on any atom is 0.00684 e. The Balaban J connectivity index is 1.96. The van der Waals surface area contributed by atoms with E-state index in [0.29, 0.717) is 5.92 Å². The largest absolute Gasteiger partial charge is 0.313 e. The quantitative estimate of drug-likeness (QED) is 0.716. The number of nitrogens with one attached hydrogen (secondary N) is 1. The van der Waals surface area contributed by atoms with Crippen molar-refractivity contribution in [3.05, 3.63) is 35.4 Å². The molecule has 0 spiro atoms. The number of aryl methyl sites for hydroxylation is 1. The fourth-order valence-electron chi connectivity index (χ4n) is 2.87. The van der Waals surface area contributed by atoms with Crippen molar-refractivity contribution in [2.45, 2.75) is 64.8 Å². The van der Waals surface area contributed by atoms with Crippen LogP contribution in [-0.4, -0.2) is 12.6 Å². The Bertz CT molecular complexity index is 364. The molecule has 1 N–H and O–H groups in total. The van der Waals surface area contributed by atoms with Crippen molar-refractivity contribution < 1.29 is 0 Å². The van der Waals surface area contributed by atoms with E-state index in [1.807, 2.05) is 0 Å². The Morgan fingerprint density at radius 2 is 1.89 bits per heavy atom. The number of hydrogen-bond donors (Lipinski definition) is 1. The lowest BCUT2D eigenvalue weighted by molar-refractivity contribution is 0.419. The predicted molar refractivity (Wildman–Crippen MR) is 83.6 cm³/mol. The molecule has 0 bridgehead atoms. The first-order chi connectivity index (χ1) is 9.19. The van der Waals surface area contributed by atoms with Gasteiger partial charge in [0, 0.05) is 12.6 Å². The first-order valence-electron chi connectivity index (χ1n) is 7.99. The summed E-state index contributed by atoms with van der Waals surface area (Å²) in [4.78, 5) is 0. The highest BCUT2D eigenvalue weighted by Crippen LogP contribution is 2.27. The molecule has 0 heterocycles. The number of hydrogen-bond acceptors (Lipinski definition) is 1. The van der Waals surface area contributed by atoms with Crippen molar-refractivity contribution in [2.75, 3.05) is 6.54 Å². The predicted octanol–water partition coefficient (Wildman–Crippen LogP) is 4.66. The highest BCUT2D eigenvalue weighted by Gasteiger charge is 2.23. The van der Waals surface area contributed by atoms with Gasteiger partial charge in [-0.2, -0.15) is 0 Å². The van der Waals surface area contributed by atoms with E-state index < -0.39 is 0 Å². The van der Waals surface area contributed by atoms with Gasteiger partial charge in [0.1, 0.15) is 0 Å². The van der Waals surface area contributed by atoms with Crippen LogP contribution in [0.2, 0.25) is 0 Å². The Kier molecular flexibility index (Phi) is 5.45. The third-order valence-corrected chi connectivity index (χ3v) is 4.25. The topological polar surface area (TPSA) is 12.0 Å². The lowest BCUT2D eigenvalue weighted by Crippen LogP contribution is -2.24. The molecule has 2 atom stereocenters. The van der Waals surface area contributed by atoms with E-state index in [-0.39, 0.29) is 0 Å². The molecular weight excluding hydrogens is 230 g/mol. The lowest BCUT2D eigenvalue weighted by atomic mass is 9.87. The van der Waals surface area contributed by atoms with Gasteiger partial charge in [0.05, 0.1) is 0 Å². The second-order valence-corrected chi connectivity index (χ2v) is 6.42. The molecule has 0 aliphatic heterocycles. The van der Waals surface area contributed by atoms with E-state index in [9.17, 15) is 0 Å². The Labute approximate surface area is 118 Å². The molecule has 1 saturated carbocycles. The van der Waals surface area contributed by atoms with E-state index >= 15 is 0 Å². The minimum atomic E-state index is 0.683. The summed E-state index contributed by atoms with van der Waals surface area (Å²) >= 11 is 0. The van der Waals surface area contributed by atoms with Crippen LogP contribution < -0.4 is 5.32 Å². The number of benzene rings is 1. The fraction of sp³-hybridized carbons (Fsp3) is 0.667.